The summed E-state index contributed by atoms with van der Waals surface area (Å²) >= 11 is 0. The van der Waals surface area contributed by atoms with Crippen molar-refractivity contribution >= 4 is 21.7 Å². The van der Waals surface area contributed by atoms with Crippen molar-refractivity contribution in [3.8, 4) is 6.07 Å². The number of rotatable bonds is 4. The van der Waals surface area contributed by atoms with E-state index in [1.807, 2.05) is 24.3 Å². The van der Waals surface area contributed by atoms with Crippen molar-refractivity contribution in [3.05, 3.63) is 59.7 Å². The molecule has 1 heterocycles. The highest BCUT2D eigenvalue weighted by Crippen LogP contribution is 2.31. The summed E-state index contributed by atoms with van der Waals surface area (Å²) in [5.41, 5.74) is 1.91. The molecule has 7 heteroatoms. The van der Waals surface area contributed by atoms with Crippen LogP contribution in [-0.2, 0) is 21.2 Å². The number of nitriles is 1. The monoisotopic (exact) mass is 370 g/mol. The van der Waals surface area contributed by atoms with Crippen molar-refractivity contribution < 1.29 is 17.9 Å². The number of ether oxygens (including phenoxy) is 1. The first-order valence-corrected chi connectivity index (χ1v) is 9.69. The fourth-order valence-electron chi connectivity index (χ4n) is 2.89. The van der Waals surface area contributed by atoms with Gasteiger partial charge in [0.1, 0.15) is 6.07 Å². The molecule has 0 N–H and O–H groups in total. The second-order valence-electron chi connectivity index (χ2n) is 6.01. The van der Waals surface area contributed by atoms with E-state index < -0.39 is 22.1 Å². The second kappa shape index (κ2) is 7.18. The lowest BCUT2D eigenvalue weighted by Crippen LogP contribution is -2.35. The Balaban J connectivity index is 1.88. The van der Waals surface area contributed by atoms with Crippen LogP contribution in [0.15, 0.2) is 53.4 Å². The Labute approximate surface area is 152 Å². The first kappa shape index (κ1) is 18.0. The van der Waals surface area contributed by atoms with Gasteiger partial charge in [0, 0.05) is 6.54 Å². The molecule has 0 radical (unpaired) electrons. The maximum absolute atomic E-state index is 13.0. The zero-order chi connectivity index (χ0) is 18.7. The zero-order valence-corrected chi connectivity index (χ0v) is 15.1. The minimum Gasteiger partial charge on any atom is -0.444 e. The lowest BCUT2D eigenvalue weighted by molar-refractivity contribution is 0.0435. The van der Waals surface area contributed by atoms with Crippen LogP contribution in [0.2, 0.25) is 0 Å². The Morgan fingerprint density at radius 2 is 1.88 bits per heavy atom. The standard InChI is InChI=1S/C19H18N2O4S/c1-14(13-20)25-19(22)16-8-10-17(11-9-16)26(23,24)21-12-4-6-15-5-2-3-7-18(15)21/h2-3,5,7-11,14H,4,6,12H2,1H3/t14-/m1/s1. The Kier molecular flexibility index (Phi) is 4.96. The molecule has 2 aromatic rings. The van der Waals surface area contributed by atoms with Crippen LogP contribution in [0.3, 0.4) is 0 Å². The van der Waals surface area contributed by atoms with Gasteiger partial charge in [0.25, 0.3) is 10.0 Å². The van der Waals surface area contributed by atoms with Gasteiger partial charge in [-0.1, -0.05) is 18.2 Å². The summed E-state index contributed by atoms with van der Waals surface area (Å²) < 4.78 is 32.4. The molecular formula is C19H18N2O4S. The number of para-hydroxylation sites is 1. The summed E-state index contributed by atoms with van der Waals surface area (Å²) in [6, 6.07) is 14.8. The molecule has 0 bridgehead atoms. The van der Waals surface area contributed by atoms with Crippen LogP contribution < -0.4 is 4.31 Å². The molecule has 0 unspecified atom stereocenters. The number of carbonyl (C=O) groups is 1. The van der Waals surface area contributed by atoms with Crippen LogP contribution in [0.1, 0.15) is 29.3 Å². The molecule has 1 aliphatic rings. The zero-order valence-electron chi connectivity index (χ0n) is 14.3. The van der Waals surface area contributed by atoms with E-state index in [4.69, 9.17) is 10.00 Å². The van der Waals surface area contributed by atoms with Crippen molar-refractivity contribution in [1.29, 1.82) is 5.26 Å². The van der Waals surface area contributed by atoms with Gasteiger partial charge in [-0.3, -0.25) is 4.31 Å². The summed E-state index contributed by atoms with van der Waals surface area (Å²) in [7, 11) is -3.72. The van der Waals surface area contributed by atoms with Gasteiger partial charge in [0.2, 0.25) is 0 Å². The number of anilines is 1. The van der Waals surface area contributed by atoms with Crippen LogP contribution in [0.4, 0.5) is 5.69 Å². The van der Waals surface area contributed by atoms with E-state index >= 15 is 0 Å². The largest absolute Gasteiger partial charge is 0.444 e. The average molecular weight is 370 g/mol. The van der Waals surface area contributed by atoms with Gasteiger partial charge in [0.05, 0.1) is 16.1 Å². The van der Waals surface area contributed by atoms with Gasteiger partial charge in [0.15, 0.2) is 6.10 Å². The number of carbonyl (C=O) groups excluding carboxylic acids is 1. The predicted molar refractivity (Wildman–Crippen MR) is 96.2 cm³/mol. The second-order valence-corrected chi connectivity index (χ2v) is 7.87. The maximum Gasteiger partial charge on any atom is 0.339 e. The van der Waals surface area contributed by atoms with E-state index in [0.29, 0.717) is 12.2 Å². The summed E-state index contributed by atoms with van der Waals surface area (Å²) in [6.45, 7) is 1.88. The van der Waals surface area contributed by atoms with Crippen LogP contribution in [-0.4, -0.2) is 27.0 Å². The van der Waals surface area contributed by atoms with Gasteiger partial charge in [-0.25, -0.2) is 13.2 Å². The normalized spacial score (nSPS) is 14.8. The fraction of sp³-hybridized carbons (Fsp3) is 0.263. The van der Waals surface area contributed by atoms with E-state index in [9.17, 15) is 13.2 Å². The van der Waals surface area contributed by atoms with Crippen LogP contribution in [0.25, 0.3) is 0 Å². The van der Waals surface area contributed by atoms with Crippen molar-refractivity contribution in [2.75, 3.05) is 10.8 Å². The number of hydrogen-bond donors (Lipinski definition) is 0. The minimum absolute atomic E-state index is 0.110. The number of hydrogen-bond acceptors (Lipinski definition) is 5. The number of esters is 1. The molecular weight excluding hydrogens is 352 g/mol. The predicted octanol–water partition coefficient (Wildman–Crippen LogP) is 2.90. The number of fused-ring (bicyclic) bond motifs is 1. The van der Waals surface area contributed by atoms with Gasteiger partial charge in [-0.15, -0.1) is 0 Å². The fourth-order valence-corrected chi connectivity index (χ4v) is 4.43. The third-order valence-electron chi connectivity index (χ3n) is 4.21. The van der Waals surface area contributed by atoms with Crippen molar-refractivity contribution in [3.63, 3.8) is 0 Å². The molecule has 26 heavy (non-hydrogen) atoms. The molecule has 134 valence electrons. The number of sulfonamides is 1. The number of nitrogens with zero attached hydrogens (tertiary/aromatic N) is 2. The molecule has 0 aliphatic carbocycles. The first-order chi connectivity index (χ1) is 12.4. The van der Waals surface area contributed by atoms with Gasteiger partial charge >= 0.3 is 5.97 Å². The Morgan fingerprint density at radius 1 is 1.19 bits per heavy atom. The highest BCUT2D eigenvalue weighted by Gasteiger charge is 2.29. The lowest BCUT2D eigenvalue weighted by atomic mass is 10.0. The molecule has 6 nitrogen and oxygen atoms in total. The molecule has 2 aromatic carbocycles. The van der Waals surface area contributed by atoms with Gasteiger partial charge < -0.3 is 4.74 Å². The smallest absolute Gasteiger partial charge is 0.339 e. The topological polar surface area (TPSA) is 87.5 Å². The Bertz CT molecular complexity index is 962. The van der Waals surface area contributed by atoms with E-state index in [0.717, 1.165) is 18.4 Å². The third-order valence-corrected chi connectivity index (χ3v) is 6.04. The summed E-state index contributed by atoms with van der Waals surface area (Å²) in [6.07, 6.45) is 0.743. The molecule has 1 atom stereocenters. The molecule has 0 saturated heterocycles. The third kappa shape index (κ3) is 3.41. The van der Waals surface area contributed by atoms with Crippen molar-refractivity contribution in [2.24, 2.45) is 0 Å². The summed E-state index contributed by atoms with van der Waals surface area (Å²) in [5, 5.41) is 8.69. The quantitative estimate of drug-likeness (QED) is 0.772. The molecule has 0 spiro atoms. The molecule has 1 aliphatic heterocycles. The van der Waals surface area contributed by atoms with Crippen molar-refractivity contribution in [1.82, 2.24) is 0 Å². The van der Waals surface area contributed by atoms with E-state index in [1.54, 1.807) is 6.07 Å². The van der Waals surface area contributed by atoms with Crippen molar-refractivity contribution in [2.45, 2.75) is 30.8 Å². The summed E-state index contributed by atoms with van der Waals surface area (Å²) in [4.78, 5) is 12.0. The molecule has 0 saturated carbocycles. The minimum atomic E-state index is -3.72. The highest BCUT2D eigenvalue weighted by molar-refractivity contribution is 7.92. The lowest BCUT2D eigenvalue weighted by Gasteiger charge is -2.30. The van der Waals surface area contributed by atoms with E-state index in [2.05, 4.69) is 0 Å². The number of aryl methyl sites for hydroxylation is 1. The van der Waals surface area contributed by atoms with Crippen LogP contribution >= 0.6 is 0 Å². The SMILES string of the molecule is C[C@H](C#N)OC(=O)c1ccc(S(=O)(=O)N2CCCc3ccccc32)cc1. The van der Waals surface area contributed by atoms with E-state index in [-0.39, 0.29) is 10.5 Å². The maximum atomic E-state index is 13.0. The molecule has 0 fully saturated rings. The molecule has 0 amide bonds. The van der Waals surface area contributed by atoms with Gasteiger partial charge in [-0.05, 0) is 55.7 Å². The molecule has 3 rings (SSSR count). The average Bonchev–Trinajstić information content (AvgIpc) is 2.67. The first-order valence-electron chi connectivity index (χ1n) is 8.25. The molecule has 0 aromatic heterocycles. The summed E-state index contributed by atoms with van der Waals surface area (Å²) in [5.74, 6) is -0.661. The Hall–Kier alpha value is -2.85. The van der Waals surface area contributed by atoms with Gasteiger partial charge in [-0.2, -0.15) is 5.26 Å². The van der Waals surface area contributed by atoms with E-state index in [1.165, 1.54) is 35.5 Å². The number of benzene rings is 2. The van der Waals surface area contributed by atoms with Crippen LogP contribution in [0, 0.1) is 11.3 Å². The Morgan fingerprint density at radius 3 is 2.58 bits per heavy atom. The highest BCUT2D eigenvalue weighted by atomic mass is 32.2. The van der Waals surface area contributed by atoms with Crippen LogP contribution in [0.5, 0.6) is 0 Å².